The first-order valence-electron chi connectivity index (χ1n) is 6.75. The molecule has 19 heavy (non-hydrogen) atoms. The molecule has 0 bridgehead atoms. The second-order valence-corrected chi connectivity index (χ2v) is 5.55. The molecule has 1 amide bonds. The molecular weight excluding hydrogens is 262 g/mol. The molecule has 0 spiro atoms. The predicted octanol–water partition coefficient (Wildman–Crippen LogP) is 2.74. The molecule has 0 saturated heterocycles. The molecule has 1 aliphatic carbocycles. The summed E-state index contributed by atoms with van der Waals surface area (Å²) in [5, 5.41) is 6.36. The van der Waals surface area contributed by atoms with Gasteiger partial charge in [-0.1, -0.05) is 6.42 Å². The third-order valence-electron chi connectivity index (χ3n) is 3.25. The number of hydrogen-bond donors (Lipinski definition) is 1. The quantitative estimate of drug-likeness (QED) is 0.844. The molecule has 1 aromatic heterocycles. The number of amides is 1. The van der Waals surface area contributed by atoms with E-state index < -0.39 is 0 Å². The van der Waals surface area contributed by atoms with Crippen LogP contribution in [0.3, 0.4) is 0 Å². The average molecular weight is 281 g/mol. The number of thiophene rings is 1. The van der Waals surface area contributed by atoms with Gasteiger partial charge in [0.05, 0.1) is 6.42 Å². The highest BCUT2D eigenvalue weighted by atomic mass is 32.1. The Balaban J connectivity index is 1.62. The average Bonchev–Trinajstić information content (AvgIpc) is 2.93. The number of nitrogens with one attached hydrogen (secondary N) is 1. The van der Waals surface area contributed by atoms with Gasteiger partial charge in [0.15, 0.2) is 0 Å². The lowest BCUT2D eigenvalue weighted by Crippen LogP contribution is -2.28. The van der Waals surface area contributed by atoms with Crippen molar-refractivity contribution in [1.82, 2.24) is 5.32 Å². The Morgan fingerprint density at radius 3 is 2.79 bits per heavy atom. The molecule has 2 rings (SSSR count). The molecule has 0 radical (unpaired) electrons. The Hall–Kier alpha value is -1.36. The van der Waals surface area contributed by atoms with Gasteiger partial charge in [-0.15, -0.1) is 0 Å². The highest BCUT2D eigenvalue weighted by Gasteiger charge is 2.17. The lowest BCUT2D eigenvalue weighted by atomic mass is 9.98. The lowest BCUT2D eigenvalue weighted by molar-refractivity contribution is -0.150. The van der Waals surface area contributed by atoms with E-state index in [1.807, 2.05) is 5.38 Å². The van der Waals surface area contributed by atoms with Crippen LogP contribution in [-0.4, -0.2) is 24.5 Å². The molecule has 1 N–H and O–H groups in total. The number of hydrogen-bond acceptors (Lipinski definition) is 4. The van der Waals surface area contributed by atoms with E-state index in [0.29, 0.717) is 12.1 Å². The molecule has 5 heteroatoms. The van der Waals surface area contributed by atoms with Crippen molar-refractivity contribution in [3.63, 3.8) is 0 Å². The molecule has 0 atom stereocenters. The summed E-state index contributed by atoms with van der Waals surface area (Å²) >= 11 is 1.48. The number of ether oxygens (including phenoxy) is 1. The van der Waals surface area contributed by atoms with Gasteiger partial charge in [-0.05, 0) is 37.1 Å². The molecule has 0 unspecified atom stereocenters. The summed E-state index contributed by atoms with van der Waals surface area (Å²) in [4.78, 5) is 23.2. The van der Waals surface area contributed by atoms with Gasteiger partial charge in [0.2, 0.25) is 0 Å². The predicted molar refractivity (Wildman–Crippen MR) is 74.2 cm³/mol. The van der Waals surface area contributed by atoms with Crippen LogP contribution in [0.5, 0.6) is 0 Å². The van der Waals surface area contributed by atoms with Crippen molar-refractivity contribution in [3.05, 3.63) is 22.4 Å². The molecular formula is C14H19NO3S. The van der Waals surface area contributed by atoms with Crippen LogP contribution in [0.4, 0.5) is 0 Å². The molecule has 4 nitrogen and oxygen atoms in total. The van der Waals surface area contributed by atoms with E-state index in [2.05, 4.69) is 5.32 Å². The number of carbonyl (C=O) groups excluding carboxylic acids is 2. The van der Waals surface area contributed by atoms with Gasteiger partial charge in [0, 0.05) is 17.5 Å². The van der Waals surface area contributed by atoms with E-state index in [9.17, 15) is 9.59 Å². The van der Waals surface area contributed by atoms with E-state index >= 15 is 0 Å². The number of esters is 1. The van der Waals surface area contributed by atoms with Crippen LogP contribution in [0.25, 0.3) is 0 Å². The Morgan fingerprint density at radius 1 is 1.32 bits per heavy atom. The fraction of sp³-hybridized carbons (Fsp3) is 0.571. The largest absolute Gasteiger partial charge is 0.462 e. The fourth-order valence-electron chi connectivity index (χ4n) is 2.20. The lowest BCUT2D eigenvalue weighted by Gasteiger charge is -2.21. The maximum atomic E-state index is 11.6. The van der Waals surface area contributed by atoms with Crippen LogP contribution in [0.1, 0.15) is 48.9 Å². The van der Waals surface area contributed by atoms with E-state index in [1.54, 1.807) is 11.4 Å². The minimum absolute atomic E-state index is 0.0915. The summed E-state index contributed by atoms with van der Waals surface area (Å²) in [5.74, 6) is -0.343. The van der Waals surface area contributed by atoms with Gasteiger partial charge in [0.25, 0.3) is 5.91 Å². The minimum Gasteiger partial charge on any atom is -0.462 e. The van der Waals surface area contributed by atoms with Crippen molar-refractivity contribution in [1.29, 1.82) is 0 Å². The van der Waals surface area contributed by atoms with Crippen LogP contribution in [0.15, 0.2) is 16.8 Å². The van der Waals surface area contributed by atoms with Crippen LogP contribution in [0.2, 0.25) is 0 Å². The van der Waals surface area contributed by atoms with Gasteiger partial charge in [-0.3, -0.25) is 9.59 Å². The van der Waals surface area contributed by atoms with Crippen LogP contribution in [-0.2, 0) is 9.53 Å². The molecule has 0 aliphatic heterocycles. The van der Waals surface area contributed by atoms with Gasteiger partial charge >= 0.3 is 5.97 Å². The molecule has 1 fully saturated rings. The molecule has 1 aliphatic rings. The number of carbonyl (C=O) groups is 2. The standard InChI is InChI=1S/C14H19NO3S/c16-13(18-12-4-2-1-3-5-12)6-8-15-14(17)11-7-9-19-10-11/h7,9-10,12H,1-6,8H2,(H,15,17). The zero-order valence-electron chi connectivity index (χ0n) is 10.9. The third kappa shape index (κ3) is 4.67. The second kappa shape index (κ2) is 7.28. The summed E-state index contributed by atoms with van der Waals surface area (Å²) in [7, 11) is 0. The summed E-state index contributed by atoms with van der Waals surface area (Å²) < 4.78 is 5.38. The normalized spacial score (nSPS) is 16.0. The Kier molecular flexibility index (Phi) is 5.39. The monoisotopic (exact) mass is 281 g/mol. The van der Waals surface area contributed by atoms with Gasteiger partial charge in [0.1, 0.15) is 6.10 Å². The van der Waals surface area contributed by atoms with Crippen molar-refractivity contribution in [2.45, 2.75) is 44.6 Å². The summed E-state index contributed by atoms with van der Waals surface area (Å²) in [6, 6.07) is 1.76. The van der Waals surface area contributed by atoms with Crippen molar-refractivity contribution in [3.8, 4) is 0 Å². The maximum Gasteiger partial charge on any atom is 0.307 e. The van der Waals surface area contributed by atoms with Gasteiger partial charge in [-0.25, -0.2) is 0 Å². The SMILES string of the molecule is O=C(CCNC(=O)c1ccsc1)OC1CCCCC1. The van der Waals surface area contributed by atoms with E-state index in [4.69, 9.17) is 4.74 Å². The van der Waals surface area contributed by atoms with Crippen molar-refractivity contribution >= 4 is 23.2 Å². The zero-order chi connectivity index (χ0) is 13.5. The van der Waals surface area contributed by atoms with Crippen molar-refractivity contribution in [2.24, 2.45) is 0 Å². The smallest absolute Gasteiger partial charge is 0.307 e. The first-order chi connectivity index (χ1) is 9.25. The summed E-state index contributed by atoms with van der Waals surface area (Å²) in [6.07, 6.45) is 5.82. The highest BCUT2D eigenvalue weighted by Crippen LogP contribution is 2.20. The van der Waals surface area contributed by atoms with Crippen LogP contribution >= 0.6 is 11.3 Å². The minimum atomic E-state index is -0.211. The Bertz CT molecular complexity index is 410. The molecule has 0 aromatic carbocycles. The van der Waals surface area contributed by atoms with Gasteiger partial charge in [-0.2, -0.15) is 11.3 Å². The zero-order valence-corrected chi connectivity index (χ0v) is 11.7. The van der Waals surface area contributed by atoms with E-state index in [1.165, 1.54) is 17.8 Å². The Labute approximate surface area is 117 Å². The summed E-state index contributed by atoms with van der Waals surface area (Å²) in [5.41, 5.74) is 0.644. The summed E-state index contributed by atoms with van der Waals surface area (Å²) in [6.45, 7) is 0.334. The molecule has 1 saturated carbocycles. The molecule has 1 aromatic rings. The van der Waals surface area contributed by atoms with E-state index in [0.717, 1.165) is 25.7 Å². The van der Waals surface area contributed by atoms with Crippen LogP contribution in [0, 0.1) is 0 Å². The highest BCUT2D eigenvalue weighted by molar-refractivity contribution is 7.08. The fourth-order valence-corrected chi connectivity index (χ4v) is 2.84. The van der Waals surface area contributed by atoms with Crippen LogP contribution < -0.4 is 5.32 Å². The Morgan fingerprint density at radius 2 is 2.11 bits per heavy atom. The van der Waals surface area contributed by atoms with Gasteiger partial charge < -0.3 is 10.1 Å². The topological polar surface area (TPSA) is 55.4 Å². The first-order valence-corrected chi connectivity index (χ1v) is 7.70. The first kappa shape index (κ1) is 14.1. The number of rotatable bonds is 5. The third-order valence-corrected chi connectivity index (χ3v) is 3.93. The van der Waals surface area contributed by atoms with E-state index in [-0.39, 0.29) is 24.4 Å². The molecule has 104 valence electrons. The van der Waals surface area contributed by atoms with Crippen molar-refractivity contribution in [2.75, 3.05) is 6.54 Å². The molecule has 1 heterocycles. The second-order valence-electron chi connectivity index (χ2n) is 4.77. The maximum absolute atomic E-state index is 11.6. The van der Waals surface area contributed by atoms with Crippen molar-refractivity contribution < 1.29 is 14.3 Å².